The first-order valence-electron chi connectivity index (χ1n) is 6.60. The Bertz CT molecular complexity index is 692. The fourth-order valence-electron chi connectivity index (χ4n) is 1.75. The summed E-state index contributed by atoms with van der Waals surface area (Å²) in [5.41, 5.74) is 10.4. The van der Waals surface area contributed by atoms with E-state index in [1.54, 1.807) is 16.7 Å². The van der Waals surface area contributed by atoms with Crippen LogP contribution in [0.1, 0.15) is 23.0 Å². The zero-order valence-corrected chi connectivity index (χ0v) is 12.2. The quantitative estimate of drug-likeness (QED) is 0.748. The number of nitrogens with zero attached hydrogens (tertiary/aromatic N) is 2. The monoisotopic (exact) mass is 292 g/mol. The van der Waals surface area contributed by atoms with E-state index in [2.05, 4.69) is 4.98 Å². The number of carbonyl (C=O) groups is 1. The maximum Gasteiger partial charge on any atom is 0.341 e. The van der Waals surface area contributed by atoms with E-state index < -0.39 is 11.4 Å². The van der Waals surface area contributed by atoms with Gasteiger partial charge in [0.1, 0.15) is 11.2 Å². The minimum atomic E-state index is -1.21. The lowest BCUT2D eigenvalue weighted by Crippen LogP contribution is -2.19. The predicted octanol–water partition coefficient (Wildman–Crippen LogP) is 0.327. The molecule has 0 atom stereocenters. The molecule has 0 spiro atoms. The Morgan fingerprint density at radius 3 is 2.43 bits per heavy atom. The lowest BCUT2D eigenvalue weighted by atomic mass is 10.2. The highest BCUT2D eigenvalue weighted by atomic mass is 16.4. The number of carboxylic acid groups (broad SMARTS) is 1. The first kappa shape index (κ1) is 16.8. The molecule has 7 heteroatoms. The number of hydrogen-bond donors (Lipinski definition) is 3. The van der Waals surface area contributed by atoms with Crippen LogP contribution in [0.15, 0.2) is 23.1 Å². The number of carboxylic acids is 1. The fourth-order valence-corrected chi connectivity index (χ4v) is 1.75. The molecule has 114 valence electrons. The molecule has 0 unspecified atom stereocenters. The van der Waals surface area contributed by atoms with Gasteiger partial charge in [-0.25, -0.2) is 9.78 Å². The molecule has 0 aliphatic heterocycles. The van der Waals surface area contributed by atoms with Gasteiger partial charge in [-0.05, 0) is 26.0 Å². The second-order valence-electron chi connectivity index (χ2n) is 4.36. The van der Waals surface area contributed by atoms with Crippen LogP contribution in [-0.4, -0.2) is 33.7 Å². The normalized spacial score (nSPS) is 10.1. The van der Waals surface area contributed by atoms with Crippen molar-refractivity contribution in [3.63, 3.8) is 0 Å². The maximum atomic E-state index is 11.9. The Balaban J connectivity index is 0.000000491. The van der Waals surface area contributed by atoms with E-state index in [0.717, 1.165) is 5.69 Å². The highest BCUT2D eigenvalue weighted by Crippen LogP contribution is 2.10. The molecule has 2 rings (SSSR count). The summed E-state index contributed by atoms with van der Waals surface area (Å²) in [5.74, 6) is -1.21. The van der Waals surface area contributed by atoms with Crippen LogP contribution >= 0.6 is 0 Å². The SMILES string of the molecule is CCn1cc(C(=O)O)c(=O)c2ccc(C)nc21.NCCN. The summed E-state index contributed by atoms with van der Waals surface area (Å²) in [6.07, 6.45) is 1.35. The first-order chi connectivity index (χ1) is 9.96. The third-order valence-electron chi connectivity index (χ3n) is 2.80. The third-order valence-corrected chi connectivity index (χ3v) is 2.80. The number of hydrogen-bond acceptors (Lipinski definition) is 5. The topological polar surface area (TPSA) is 124 Å². The number of fused-ring (bicyclic) bond motifs is 1. The predicted molar refractivity (Wildman–Crippen MR) is 81.5 cm³/mol. The van der Waals surface area contributed by atoms with Crippen LogP contribution in [0.25, 0.3) is 11.0 Å². The second-order valence-corrected chi connectivity index (χ2v) is 4.36. The van der Waals surface area contributed by atoms with E-state index in [0.29, 0.717) is 30.7 Å². The van der Waals surface area contributed by atoms with Crippen molar-refractivity contribution in [2.75, 3.05) is 13.1 Å². The van der Waals surface area contributed by atoms with Gasteiger partial charge in [0.2, 0.25) is 5.43 Å². The number of nitrogens with two attached hydrogens (primary N) is 2. The molecule has 2 heterocycles. The zero-order chi connectivity index (χ0) is 16.0. The molecule has 0 fully saturated rings. The van der Waals surface area contributed by atoms with Crippen LogP contribution in [0.5, 0.6) is 0 Å². The Labute approximate surface area is 122 Å². The van der Waals surface area contributed by atoms with Crippen molar-refractivity contribution >= 4 is 17.0 Å². The first-order valence-corrected chi connectivity index (χ1v) is 6.60. The van der Waals surface area contributed by atoms with Gasteiger partial charge in [-0.3, -0.25) is 4.79 Å². The molecule has 0 radical (unpaired) electrons. The Kier molecular flexibility index (Phi) is 6.01. The second kappa shape index (κ2) is 7.51. The molecule has 2 aromatic heterocycles. The molecule has 7 nitrogen and oxygen atoms in total. The van der Waals surface area contributed by atoms with Crippen molar-refractivity contribution in [3.05, 3.63) is 39.8 Å². The minimum absolute atomic E-state index is 0.218. The van der Waals surface area contributed by atoms with E-state index >= 15 is 0 Å². The Morgan fingerprint density at radius 1 is 1.33 bits per heavy atom. The molecule has 0 aliphatic carbocycles. The average molecular weight is 292 g/mol. The summed E-state index contributed by atoms with van der Waals surface area (Å²) in [7, 11) is 0. The van der Waals surface area contributed by atoms with Gasteiger partial charge >= 0.3 is 5.97 Å². The average Bonchev–Trinajstić information content (AvgIpc) is 2.47. The summed E-state index contributed by atoms with van der Waals surface area (Å²) in [6.45, 7) is 5.46. The van der Waals surface area contributed by atoms with Gasteiger partial charge in [0, 0.05) is 31.5 Å². The Hall–Kier alpha value is -2.25. The third kappa shape index (κ3) is 3.87. The molecule has 0 saturated heterocycles. The zero-order valence-electron chi connectivity index (χ0n) is 12.2. The molecule has 2 aromatic rings. The van der Waals surface area contributed by atoms with Gasteiger partial charge in [0.15, 0.2) is 0 Å². The van der Waals surface area contributed by atoms with Crippen molar-refractivity contribution in [2.45, 2.75) is 20.4 Å². The van der Waals surface area contributed by atoms with Crippen LogP contribution in [0.4, 0.5) is 0 Å². The molecule has 0 saturated carbocycles. The number of pyridine rings is 2. The molecule has 21 heavy (non-hydrogen) atoms. The summed E-state index contributed by atoms with van der Waals surface area (Å²) < 4.78 is 1.67. The number of aromatic nitrogens is 2. The van der Waals surface area contributed by atoms with Crippen LogP contribution in [-0.2, 0) is 6.54 Å². The fraction of sp³-hybridized carbons (Fsp3) is 0.357. The molecule has 0 aliphatic rings. The maximum absolute atomic E-state index is 11.9. The van der Waals surface area contributed by atoms with Crippen LogP contribution in [0.3, 0.4) is 0 Å². The van der Waals surface area contributed by atoms with Gasteiger partial charge in [-0.15, -0.1) is 0 Å². The molecule has 0 bridgehead atoms. The van der Waals surface area contributed by atoms with Crippen LogP contribution < -0.4 is 16.9 Å². The number of aromatic carboxylic acids is 1. The number of rotatable bonds is 3. The van der Waals surface area contributed by atoms with Gasteiger partial charge in [-0.1, -0.05) is 0 Å². The number of aryl methyl sites for hydroxylation is 2. The molecule has 5 N–H and O–H groups in total. The van der Waals surface area contributed by atoms with E-state index in [9.17, 15) is 9.59 Å². The summed E-state index contributed by atoms with van der Waals surface area (Å²) in [6, 6.07) is 3.33. The van der Waals surface area contributed by atoms with E-state index in [1.165, 1.54) is 6.20 Å². The lowest BCUT2D eigenvalue weighted by Gasteiger charge is -2.09. The molecule has 0 amide bonds. The smallest absolute Gasteiger partial charge is 0.341 e. The highest BCUT2D eigenvalue weighted by Gasteiger charge is 2.14. The van der Waals surface area contributed by atoms with Crippen molar-refractivity contribution in [1.29, 1.82) is 0 Å². The molecular formula is C14H20N4O3. The van der Waals surface area contributed by atoms with E-state index in [-0.39, 0.29) is 5.56 Å². The Morgan fingerprint density at radius 2 is 1.95 bits per heavy atom. The minimum Gasteiger partial charge on any atom is -0.477 e. The van der Waals surface area contributed by atoms with Crippen LogP contribution in [0.2, 0.25) is 0 Å². The van der Waals surface area contributed by atoms with Gasteiger partial charge in [0.25, 0.3) is 0 Å². The van der Waals surface area contributed by atoms with Crippen molar-refractivity contribution in [3.8, 4) is 0 Å². The summed E-state index contributed by atoms with van der Waals surface area (Å²) in [5, 5.41) is 9.31. The highest BCUT2D eigenvalue weighted by molar-refractivity contribution is 5.91. The molecular weight excluding hydrogens is 272 g/mol. The largest absolute Gasteiger partial charge is 0.477 e. The van der Waals surface area contributed by atoms with Crippen molar-refractivity contribution in [2.24, 2.45) is 11.5 Å². The lowest BCUT2D eigenvalue weighted by molar-refractivity contribution is 0.0695. The van der Waals surface area contributed by atoms with Crippen LogP contribution in [0, 0.1) is 6.92 Å². The van der Waals surface area contributed by atoms with E-state index in [4.69, 9.17) is 16.6 Å². The molecule has 0 aromatic carbocycles. The van der Waals surface area contributed by atoms with Crippen molar-refractivity contribution < 1.29 is 9.90 Å². The van der Waals surface area contributed by atoms with Gasteiger partial charge < -0.3 is 21.1 Å². The summed E-state index contributed by atoms with van der Waals surface area (Å²) >= 11 is 0. The van der Waals surface area contributed by atoms with Gasteiger partial charge in [0.05, 0.1) is 5.39 Å². The van der Waals surface area contributed by atoms with Crippen molar-refractivity contribution in [1.82, 2.24) is 9.55 Å². The van der Waals surface area contributed by atoms with E-state index in [1.807, 2.05) is 13.8 Å². The standard InChI is InChI=1S/C12H12N2O3.C2H8N2/c1-3-14-6-9(12(16)17)10(15)8-5-4-7(2)13-11(8)14;3-1-2-4/h4-6H,3H2,1-2H3,(H,16,17);1-4H2. The van der Waals surface area contributed by atoms with Gasteiger partial charge in [-0.2, -0.15) is 0 Å². The summed E-state index contributed by atoms with van der Waals surface area (Å²) in [4.78, 5) is 27.2.